The molecule has 1 aliphatic heterocycles. The number of nitrogens with zero attached hydrogens (tertiary/aromatic N) is 2. The molecule has 0 saturated heterocycles. The minimum absolute atomic E-state index is 0.0731. The van der Waals surface area contributed by atoms with Gasteiger partial charge < -0.3 is 15.4 Å². The van der Waals surface area contributed by atoms with Crippen molar-refractivity contribution in [3.05, 3.63) is 73.8 Å². The Labute approximate surface area is 246 Å². The Morgan fingerprint density at radius 2 is 1.74 bits per heavy atom. The standard InChI is InChI=1S/C31H39N5O5S/c1-18-19(2)21(4)29(22(5)20(18)3)42(40,41)36-26(31(38)39)17-28-34-25-13-12-23(16-24(25)30(37)35-28)10-9-15-33-27-11-7-6-8-14-32-27/h9-10,12-13,16,26,36H,6-8,11,14-15,17H2,1-5H3,(H,32,33)(H,38,39)(H,34,35,37)/b10-9+/t26-/m0/s1. The van der Waals surface area contributed by atoms with Gasteiger partial charge in [0.1, 0.15) is 11.9 Å². The fraction of sp³-hybridized carbons (Fsp3) is 0.419. The summed E-state index contributed by atoms with van der Waals surface area (Å²) in [5, 5.41) is 13.6. The second-order valence-electron chi connectivity index (χ2n) is 10.9. The highest BCUT2D eigenvalue weighted by molar-refractivity contribution is 7.89. The first-order valence-electron chi connectivity index (χ1n) is 14.2. The van der Waals surface area contributed by atoms with Gasteiger partial charge in [-0.2, -0.15) is 4.72 Å². The molecule has 0 aliphatic carbocycles. The summed E-state index contributed by atoms with van der Waals surface area (Å²) in [6.45, 7) is 10.5. The van der Waals surface area contributed by atoms with E-state index < -0.39 is 27.6 Å². The Balaban J connectivity index is 1.52. The molecule has 42 heavy (non-hydrogen) atoms. The van der Waals surface area contributed by atoms with Crippen molar-refractivity contribution in [3.63, 3.8) is 0 Å². The summed E-state index contributed by atoms with van der Waals surface area (Å²) in [6, 6.07) is 3.70. The minimum atomic E-state index is -4.20. The van der Waals surface area contributed by atoms with Gasteiger partial charge in [0.05, 0.1) is 21.6 Å². The van der Waals surface area contributed by atoms with Gasteiger partial charge in [0.15, 0.2) is 0 Å². The van der Waals surface area contributed by atoms with E-state index in [1.165, 1.54) is 6.42 Å². The van der Waals surface area contributed by atoms with Crippen LogP contribution in [-0.4, -0.2) is 54.4 Å². The van der Waals surface area contributed by atoms with Gasteiger partial charge in [-0.05, 0) is 93.0 Å². The predicted octanol–water partition coefficient (Wildman–Crippen LogP) is 4.01. The molecule has 2 aromatic carbocycles. The maximum Gasteiger partial charge on any atom is 0.322 e. The Bertz CT molecular complexity index is 1710. The van der Waals surface area contributed by atoms with E-state index in [0.717, 1.165) is 53.9 Å². The molecule has 1 aliphatic rings. The van der Waals surface area contributed by atoms with Gasteiger partial charge >= 0.3 is 5.97 Å². The van der Waals surface area contributed by atoms with Crippen molar-refractivity contribution in [2.45, 2.75) is 77.7 Å². The van der Waals surface area contributed by atoms with E-state index >= 15 is 0 Å². The van der Waals surface area contributed by atoms with Crippen LogP contribution in [0.2, 0.25) is 0 Å². The number of fused-ring (bicyclic) bond motifs is 1. The lowest BCUT2D eigenvalue weighted by Gasteiger charge is -2.21. The number of H-pyrrole nitrogens is 1. The molecule has 4 N–H and O–H groups in total. The van der Waals surface area contributed by atoms with Crippen LogP contribution < -0.4 is 15.6 Å². The molecular weight excluding hydrogens is 554 g/mol. The third kappa shape index (κ3) is 6.96. The van der Waals surface area contributed by atoms with Crippen LogP contribution in [0.3, 0.4) is 0 Å². The SMILES string of the molecule is Cc1c(C)c(C)c(S(=O)(=O)N[C@@H](Cc2nc3ccc(/C=C/CNC4=NCCCCC4)cc3c(=O)[nH]2)C(=O)O)c(C)c1C. The predicted molar refractivity (Wildman–Crippen MR) is 166 cm³/mol. The Morgan fingerprint density at radius 1 is 1.05 bits per heavy atom. The Morgan fingerprint density at radius 3 is 2.43 bits per heavy atom. The van der Waals surface area contributed by atoms with E-state index in [0.29, 0.717) is 28.6 Å². The first kappa shape index (κ1) is 31.1. The van der Waals surface area contributed by atoms with Gasteiger partial charge in [-0.15, -0.1) is 0 Å². The van der Waals surface area contributed by atoms with Crippen LogP contribution in [0.1, 0.15) is 64.9 Å². The zero-order chi connectivity index (χ0) is 30.6. The number of hydrogen-bond donors (Lipinski definition) is 4. The van der Waals surface area contributed by atoms with Crippen LogP contribution in [0.25, 0.3) is 17.0 Å². The third-order valence-corrected chi connectivity index (χ3v) is 9.82. The highest BCUT2D eigenvalue weighted by Gasteiger charge is 2.30. The molecule has 0 amide bonds. The Kier molecular flexibility index (Phi) is 9.63. The molecule has 2 heterocycles. The summed E-state index contributed by atoms with van der Waals surface area (Å²) in [5.74, 6) is -0.273. The van der Waals surface area contributed by atoms with Crippen LogP contribution in [0, 0.1) is 34.6 Å². The number of carboxylic acid groups (broad SMARTS) is 1. The maximum atomic E-state index is 13.4. The second-order valence-corrected chi connectivity index (χ2v) is 12.5. The number of sulfonamides is 1. The topological polar surface area (TPSA) is 154 Å². The first-order valence-corrected chi connectivity index (χ1v) is 15.7. The van der Waals surface area contributed by atoms with Crippen LogP contribution in [0.15, 0.2) is 39.0 Å². The third-order valence-electron chi connectivity index (χ3n) is 8.08. The lowest BCUT2D eigenvalue weighted by atomic mass is 9.95. The van der Waals surface area contributed by atoms with Crippen LogP contribution in [0.5, 0.6) is 0 Å². The molecule has 1 aromatic heterocycles. The van der Waals surface area contributed by atoms with Gasteiger partial charge in [0.25, 0.3) is 5.56 Å². The van der Waals surface area contributed by atoms with Gasteiger partial charge in [-0.3, -0.25) is 14.6 Å². The largest absolute Gasteiger partial charge is 0.480 e. The maximum absolute atomic E-state index is 13.4. The molecule has 11 heteroatoms. The zero-order valence-electron chi connectivity index (χ0n) is 24.8. The van der Waals surface area contributed by atoms with Crippen molar-refractivity contribution < 1.29 is 18.3 Å². The number of aromatic nitrogens is 2. The van der Waals surface area contributed by atoms with Crippen LogP contribution in [0.4, 0.5) is 0 Å². The molecule has 4 rings (SSSR count). The molecule has 0 spiro atoms. The quantitative estimate of drug-likeness (QED) is 0.292. The number of carbonyl (C=O) groups is 1. The van der Waals surface area contributed by atoms with Crippen molar-refractivity contribution in [1.82, 2.24) is 20.0 Å². The van der Waals surface area contributed by atoms with Crippen molar-refractivity contribution in [2.24, 2.45) is 4.99 Å². The molecule has 0 radical (unpaired) electrons. The molecule has 0 saturated carbocycles. The molecule has 0 fully saturated rings. The highest BCUT2D eigenvalue weighted by Crippen LogP contribution is 2.29. The summed E-state index contributed by atoms with van der Waals surface area (Å²) in [7, 11) is -4.20. The molecule has 0 unspecified atom stereocenters. The molecule has 224 valence electrons. The first-order chi connectivity index (χ1) is 19.9. The average Bonchev–Trinajstić information content (AvgIpc) is 3.22. The second kappa shape index (κ2) is 13.0. The number of aromatic amines is 1. The molecule has 10 nitrogen and oxygen atoms in total. The van der Waals surface area contributed by atoms with E-state index in [1.54, 1.807) is 26.0 Å². The smallest absolute Gasteiger partial charge is 0.322 e. The lowest BCUT2D eigenvalue weighted by Crippen LogP contribution is -2.43. The number of carboxylic acids is 1. The van der Waals surface area contributed by atoms with Crippen molar-refractivity contribution in [3.8, 4) is 0 Å². The van der Waals surface area contributed by atoms with E-state index in [9.17, 15) is 23.1 Å². The summed E-state index contributed by atoms with van der Waals surface area (Å²) in [6.07, 6.45) is 7.97. The van der Waals surface area contributed by atoms with E-state index in [4.69, 9.17) is 0 Å². The fourth-order valence-corrected chi connectivity index (χ4v) is 7.07. The zero-order valence-corrected chi connectivity index (χ0v) is 25.6. The number of rotatable bonds is 9. The highest BCUT2D eigenvalue weighted by atomic mass is 32.2. The normalized spacial score (nSPS) is 15.0. The monoisotopic (exact) mass is 593 g/mol. The van der Waals surface area contributed by atoms with Crippen LogP contribution in [-0.2, 0) is 21.2 Å². The summed E-state index contributed by atoms with van der Waals surface area (Å²) >= 11 is 0. The lowest BCUT2D eigenvalue weighted by molar-refractivity contribution is -0.139. The van der Waals surface area contributed by atoms with Gasteiger partial charge in [0.2, 0.25) is 10.0 Å². The number of amidine groups is 1. The number of hydrogen-bond acceptors (Lipinski definition) is 7. The summed E-state index contributed by atoms with van der Waals surface area (Å²) in [5.41, 5.74) is 4.59. The molecule has 1 atom stereocenters. The number of aliphatic carboxylic acids is 1. The number of nitrogens with one attached hydrogen (secondary N) is 3. The fourth-order valence-electron chi connectivity index (χ4n) is 5.28. The van der Waals surface area contributed by atoms with Crippen molar-refractivity contribution in [1.29, 1.82) is 0 Å². The van der Waals surface area contributed by atoms with E-state index in [2.05, 4.69) is 25.0 Å². The average molecular weight is 594 g/mol. The number of benzene rings is 2. The van der Waals surface area contributed by atoms with Gasteiger partial charge in [-0.1, -0.05) is 24.6 Å². The van der Waals surface area contributed by atoms with Gasteiger partial charge in [-0.25, -0.2) is 13.4 Å². The van der Waals surface area contributed by atoms with Crippen molar-refractivity contribution >= 4 is 38.8 Å². The molecule has 3 aromatic rings. The molecular formula is C31H39N5O5S. The van der Waals surface area contributed by atoms with E-state index in [-0.39, 0.29) is 17.1 Å². The van der Waals surface area contributed by atoms with Gasteiger partial charge in [0, 0.05) is 25.9 Å². The number of aliphatic imine (C=N–C) groups is 1. The molecule has 0 bridgehead atoms. The Hall–Kier alpha value is -3.83. The minimum Gasteiger partial charge on any atom is -0.480 e. The van der Waals surface area contributed by atoms with E-state index in [1.807, 2.05) is 39.0 Å². The summed E-state index contributed by atoms with van der Waals surface area (Å²) in [4.78, 5) is 36.8. The van der Waals surface area contributed by atoms with Crippen LogP contribution >= 0.6 is 0 Å². The van der Waals surface area contributed by atoms with Crippen molar-refractivity contribution in [2.75, 3.05) is 13.1 Å². The summed E-state index contributed by atoms with van der Waals surface area (Å²) < 4.78 is 29.2.